The van der Waals surface area contributed by atoms with Crippen molar-refractivity contribution >= 4 is 34.5 Å². The highest BCUT2D eigenvalue weighted by molar-refractivity contribution is 7.11. The summed E-state index contributed by atoms with van der Waals surface area (Å²) in [5.74, 6) is 0.782. The van der Waals surface area contributed by atoms with Crippen molar-refractivity contribution in [3.63, 3.8) is 0 Å². The van der Waals surface area contributed by atoms with Crippen molar-refractivity contribution in [2.45, 2.75) is 12.3 Å². The normalized spacial score (nSPS) is 15.7. The van der Waals surface area contributed by atoms with Crippen molar-refractivity contribution in [3.8, 4) is 16.9 Å². The van der Waals surface area contributed by atoms with Gasteiger partial charge in [-0.3, -0.25) is 4.79 Å². The number of rotatable bonds is 5. The minimum atomic E-state index is -0.0270. The predicted octanol–water partition coefficient (Wildman–Crippen LogP) is 6.11. The molecule has 1 amide bonds. The second kappa shape index (κ2) is 7.59. The van der Waals surface area contributed by atoms with Crippen LogP contribution in [0.4, 0.5) is 5.69 Å². The minimum Gasteiger partial charge on any atom is -0.489 e. The van der Waals surface area contributed by atoms with E-state index in [2.05, 4.69) is 17.3 Å². The fourth-order valence-electron chi connectivity index (χ4n) is 3.37. The quantitative estimate of drug-likeness (QED) is 0.529. The van der Waals surface area contributed by atoms with E-state index in [1.165, 1.54) is 0 Å². The highest BCUT2D eigenvalue weighted by Gasteiger charge is 2.32. The van der Waals surface area contributed by atoms with Crippen LogP contribution in [-0.4, -0.2) is 12.5 Å². The molecule has 2 aromatic carbocycles. The molecule has 0 saturated heterocycles. The predicted molar refractivity (Wildman–Crippen MR) is 112 cm³/mol. The molecular formula is C22H18ClNO2S. The van der Waals surface area contributed by atoms with Gasteiger partial charge in [-0.1, -0.05) is 54.6 Å². The Hall–Kier alpha value is -2.56. The van der Waals surface area contributed by atoms with E-state index in [1.54, 1.807) is 17.4 Å². The number of benzene rings is 2. The Balaban J connectivity index is 1.78. The molecule has 0 spiro atoms. The number of amides is 1. The van der Waals surface area contributed by atoms with Gasteiger partial charge in [0.05, 0.1) is 5.69 Å². The number of ether oxygens (including phenoxy) is 1. The highest BCUT2D eigenvalue weighted by Crippen LogP contribution is 2.48. The second-order valence-electron chi connectivity index (χ2n) is 6.34. The fourth-order valence-corrected chi connectivity index (χ4v) is 4.65. The number of nitrogens with one attached hydrogen (secondary N) is 1. The molecule has 4 rings (SSSR count). The van der Waals surface area contributed by atoms with E-state index in [1.807, 2.05) is 48.5 Å². The summed E-state index contributed by atoms with van der Waals surface area (Å²) < 4.78 is 5.83. The maximum absolute atomic E-state index is 12.5. The maximum Gasteiger partial charge on any atom is 0.225 e. The smallest absolute Gasteiger partial charge is 0.225 e. The van der Waals surface area contributed by atoms with E-state index in [0.29, 0.717) is 18.1 Å². The van der Waals surface area contributed by atoms with Gasteiger partial charge in [0, 0.05) is 38.7 Å². The average Bonchev–Trinajstić information content (AvgIpc) is 3.10. The lowest BCUT2D eigenvalue weighted by molar-refractivity contribution is -0.116. The van der Waals surface area contributed by atoms with Gasteiger partial charge in [-0.2, -0.15) is 0 Å². The number of hydrogen-bond acceptors (Lipinski definition) is 3. The number of halogens is 1. The molecule has 0 unspecified atom stereocenters. The molecule has 3 aromatic rings. The summed E-state index contributed by atoms with van der Waals surface area (Å²) in [5.41, 5.74) is 3.98. The third kappa shape index (κ3) is 3.51. The van der Waals surface area contributed by atoms with Crippen molar-refractivity contribution in [2.75, 3.05) is 11.9 Å². The molecule has 0 aliphatic carbocycles. The molecular weight excluding hydrogens is 378 g/mol. The average molecular weight is 396 g/mol. The third-order valence-electron chi connectivity index (χ3n) is 4.60. The van der Waals surface area contributed by atoms with Crippen LogP contribution >= 0.6 is 22.9 Å². The van der Waals surface area contributed by atoms with Crippen LogP contribution in [0.3, 0.4) is 0 Å². The Morgan fingerprint density at radius 2 is 2.00 bits per heavy atom. The van der Waals surface area contributed by atoms with E-state index in [0.717, 1.165) is 33.0 Å². The molecule has 1 aliphatic heterocycles. The van der Waals surface area contributed by atoms with E-state index < -0.39 is 0 Å². The SMILES string of the molecule is C=CCOc1ccccc1[C@@H]1CC(=O)Nc2c(-c3ccc(Cl)cc3)csc21. The van der Waals surface area contributed by atoms with Crippen molar-refractivity contribution in [1.82, 2.24) is 0 Å². The molecule has 1 aromatic heterocycles. The van der Waals surface area contributed by atoms with Crippen LogP contribution in [0, 0.1) is 0 Å². The van der Waals surface area contributed by atoms with E-state index >= 15 is 0 Å². The standard InChI is InChI=1S/C22H18ClNO2S/c1-2-11-26-19-6-4-3-5-16(19)17-12-20(25)24-21-18(13-27-22(17)21)14-7-9-15(23)10-8-14/h2-10,13,17H,1,11-12H2,(H,24,25)/t17-/m0/s1. The van der Waals surface area contributed by atoms with Gasteiger partial charge in [0.25, 0.3) is 0 Å². The van der Waals surface area contributed by atoms with Gasteiger partial charge >= 0.3 is 0 Å². The number of anilines is 1. The van der Waals surface area contributed by atoms with Crippen LogP contribution < -0.4 is 10.1 Å². The van der Waals surface area contributed by atoms with Crippen LogP contribution in [0.2, 0.25) is 5.02 Å². The first-order chi connectivity index (χ1) is 13.2. The van der Waals surface area contributed by atoms with Gasteiger partial charge in [-0.15, -0.1) is 11.3 Å². The lowest BCUT2D eigenvalue weighted by Crippen LogP contribution is -2.22. The number of thiophene rings is 1. The summed E-state index contributed by atoms with van der Waals surface area (Å²) in [5, 5.41) is 5.86. The lowest BCUT2D eigenvalue weighted by Gasteiger charge is -2.25. The summed E-state index contributed by atoms with van der Waals surface area (Å²) in [6.07, 6.45) is 2.13. The van der Waals surface area contributed by atoms with Gasteiger partial charge < -0.3 is 10.1 Å². The van der Waals surface area contributed by atoms with Crippen LogP contribution in [-0.2, 0) is 4.79 Å². The fraction of sp³-hybridized carbons (Fsp3) is 0.136. The zero-order valence-electron chi connectivity index (χ0n) is 14.6. The van der Waals surface area contributed by atoms with Crippen LogP contribution in [0.15, 0.2) is 66.6 Å². The van der Waals surface area contributed by atoms with Crippen molar-refractivity contribution in [2.24, 2.45) is 0 Å². The van der Waals surface area contributed by atoms with Crippen molar-refractivity contribution in [3.05, 3.63) is 82.0 Å². The number of carbonyl (C=O) groups is 1. The molecule has 2 heterocycles. The highest BCUT2D eigenvalue weighted by atomic mass is 35.5. The van der Waals surface area contributed by atoms with E-state index in [9.17, 15) is 4.79 Å². The first kappa shape index (κ1) is 17.8. The Morgan fingerprint density at radius 3 is 2.78 bits per heavy atom. The van der Waals surface area contributed by atoms with Gasteiger partial charge in [-0.05, 0) is 23.8 Å². The molecule has 3 nitrogen and oxygen atoms in total. The van der Waals surface area contributed by atoms with Crippen molar-refractivity contribution in [1.29, 1.82) is 0 Å². The molecule has 136 valence electrons. The zero-order valence-corrected chi connectivity index (χ0v) is 16.1. The Morgan fingerprint density at radius 1 is 1.22 bits per heavy atom. The zero-order chi connectivity index (χ0) is 18.8. The summed E-state index contributed by atoms with van der Waals surface area (Å²) in [6.45, 7) is 4.15. The Kier molecular flexibility index (Phi) is 5.01. The Bertz CT molecular complexity index is 994. The molecule has 1 aliphatic rings. The number of para-hydroxylation sites is 1. The second-order valence-corrected chi connectivity index (χ2v) is 7.69. The largest absolute Gasteiger partial charge is 0.489 e. The van der Waals surface area contributed by atoms with E-state index in [-0.39, 0.29) is 11.8 Å². The molecule has 0 bridgehead atoms. The first-order valence-corrected chi connectivity index (χ1v) is 9.93. The molecule has 0 saturated carbocycles. The number of hydrogen-bond donors (Lipinski definition) is 1. The maximum atomic E-state index is 12.5. The van der Waals surface area contributed by atoms with Gasteiger partial charge in [0.2, 0.25) is 5.91 Å². The van der Waals surface area contributed by atoms with Gasteiger partial charge in [0.15, 0.2) is 0 Å². The van der Waals surface area contributed by atoms with Gasteiger partial charge in [-0.25, -0.2) is 0 Å². The molecule has 1 N–H and O–H groups in total. The summed E-state index contributed by atoms with van der Waals surface area (Å²) >= 11 is 7.68. The van der Waals surface area contributed by atoms with Crippen LogP contribution in [0.1, 0.15) is 22.8 Å². The molecule has 5 heteroatoms. The number of fused-ring (bicyclic) bond motifs is 1. The number of carbonyl (C=O) groups excluding carboxylic acids is 1. The molecule has 0 fully saturated rings. The molecule has 0 radical (unpaired) electrons. The lowest BCUT2D eigenvalue weighted by atomic mass is 9.88. The van der Waals surface area contributed by atoms with E-state index in [4.69, 9.17) is 16.3 Å². The Labute approximate surface area is 167 Å². The minimum absolute atomic E-state index is 0.0136. The summed E-state index contributed by atoms with van der Waals surface area (Å²) in [4.78, 5) is 13.6. The summed E-state index contributed by atoms with van der Waals surface area (Å²) in [7, 11) is 0. The monoisotopic (exact) mass is 395 g/mol. The summed E-state index contributed by atoms with van der Waals surface area (Å²) in [6, 6.07) is 15.6. The van der Waals surface area contributed by atoms with Crippen LogP contribution in [0.25, 0.3) is 11.1 Å². The topological polar surface area (TPSA) is 38.3 Å². The van der Waals surface area contributed by atoms with Crippen LogP contribution in [0.5, 0.6) is 5.75 Å². The molecule has 1 atom stereocenters. The first-order valence-electron chi connectivity index (χ1n) is 8.67. The van der Waals surface area contributed by atoms with Gasteiger partial charge in [0.1, 0.15) is 12.4 Å². The third-order valence-corrected chi connectivity index (χ3v) is 5.94. The van der Waals surface area contributed by atoms with Crippen molar-refractivity contribution < 1.29 is 9.53 Å². The molecule has 27 heavy (non-hydrogen) atoms.